The second-order valence-electron chi connectivity index (χ2n) is 6.82. The summed E-state index contributed by atoms with van der Waals surface area (Å²) in [6, 6.07) is 10.3. The van der Waals surface area contributed by atoms with E-state index in [0.29, 0.717) is 19.1 Å². The van der Waals surface area contributed by atoms with Crippen LogP contribution in [0.25, 0.3) is 0 Å². The van der Waals surface area contributed by atoms with Crippen LogP contribution in [0.5, 0.6) is 0 Å². The van der Waals surface area contributed by atoms with Gasteiger partial charge in [-0.1, -0.05) is 31.0 Å². The number of benzene rings is 1. The number of fused-ring (bicyclic) bond motifs is 1. The van der Waals surface area contributed by atoms with Crippen molar-refractivity contribution < 1.29 is 4.79 Å². The SMILES string of the molecule is CN1CC(=O)N(c2ccccc2)Cc2c(NC3CCCC3)ncnc21. The van der Waals surface area contributed by atoms with Crippen LogP contribution in [0.2, 0.25) is 0 Å². The number of carbonyl (C=O) groups is 1. The highest BCUT2D eigenvalue weighted by molar-refractivity contribution is 5.97. The number of hydrogen-bond acceptors (Lipinski definition) is 5. The Bertz CT molecular complexity index is 758. The van der Waals surface area contributed by atoms with Crippen molar-refractivity contribution in [1.82, 2.24) is 9.97 Å². The Morgan fingerprint density at radius 1 is 1.08 bits per heavy atom. The molecule has 6 nitrogen and oxygen atoms in total. The summed E-state index contributed by atoms with van der Waals surface area (Å²) in [4.78, 5) is 25.5. The van der Waals surface area contributed by atoms with Gasteiger partial charge in [-0.2, -0.15) is 0 Å². The van der Waals surface area contributed by atoms with Gasteiger partial charge in [-0.25, -0.2) is 9.97 Å². The first kappa shape index (κ1) is 15.9. The van der Waals surface area contributed by atoms with Crippen molar-refractivity contribution in [3.63, 3.8) is 0 Å². The highest BCUT2D eigenvalue weighted by atomic mass is 16.2. The summed E-state index contributed by atoms with van der Waals surface area (Å²) in [7, 11) is 1.91. The number of nitrogens with one attached hydrogen (secondary N) is 1. The van der Waals surface area contributed by atoms with Crippen molar-refractivity contribution in [3.8, 4) is 0 Å². The topological polar surface area (TPSA) is 61.4 Å². The molecule has 2 aromatic rings. The molecule has 1 aliphatic carbocycles. The maximum atomic E-state index is 12.8. The standard InChI is InChI=1S/C19H23N5O/c1-23-12-17(25)24(15-9-3-2-4-10-15)11-16-18(20-13-21-19(16)23)22-14-7-5-6-8-14/h2-4,9-10,13-14H,5-8,11-12H2,1H3,(H,20,21,22). The molecule has 2 heterocycles. The Morgan fingerprint density at radius 3 is 2.60 bits per heavy atom. The number of likely N-dealkylation sites (N-methyl/N-ethyl adjacent to an activating group) is 1. The maximum absolute atomic E-state index is 12.8. The van der Waals surface area contributed by atoms with Crippen molar-refractivity contribution >= 4 is 23.2 Å². The molecule has 4 rings (SSSR count). The van der Waals surface area contributed by atoms with E-state index < -0.39 is 0 Å². The highest BCUT2D eigenvalue weighted by Gasteiger charge is 2.28. The summed E-state index contributed by atoms with van der Waals surface area (Å²) in [5, 5.41) is 3.59. The highest BCUT2D eigenvalue weighted by Crippen LogP contribution is 2.31. The number of anilines is 3. The third kappa shape index (κ3) is 3.16. The number of nitrogens with zero attached hydrogens (tertiary/aromatic N) is 4. The number of rotatable bonds is 3. The van der Waals surface area contributed by atoms with Crippen LogP contribution in [0, 0.1) is 0 Å². The molecule has 0 radical (unpaired) electrons. The zero-order valence-electron chi connectivity index (χ0n) is 14.5. The van der Waals surface area contributed by atoms with Crippen molar-refractivity contribution in [3.05, 3.63) is 42.2 Å². The van der Waals surface area contributed by atoms with Gasteiger partial charge in [0.25, 0.3) is 0 Å². The lowest BCUT2D eigenvalue weighted by atomic mass is 10.2. The molecule has 1 aliphatic heterocycles. The van der Waals surface area contributed by atoms with Crippen molar-refractivity contribution in [2.45, 2.75) is 38.3 Å². The maximum Gasteiger partial charge on any atom is 0.246 e. The van der Waals surface area contributed by atoms with Gasteiger partial charge >= 0.3 is 0 Å². The lowest BCUT2D eigenvalue weighted by Gasteiger charge is -2.22. The summed E-state index contributed by atoms with van der Waals surface area (Å²) in [6.07, 6.45) is 6.47. The third-order valence-electron chi connectivity index (χ3n) is 5.04. The average Bonchev–Trinajstić information content (AvgIpc) is 3.09. The van der Waals surface area contributed by atoms with Gasteiger partial charge in [0.2, 0.25) is 5.91 Å². The monoisotopic (exact) mass is 337 g/mol. The Balaban J connectivity index is 1.71. The minimum atomic E-state index is 0.0681. The van der Waals surface area contributed by atoms with E-state index in [1.807, 2.05) is 47.2 Å². The minimum absolute atomic E-state index is 0.0681. The Labute approximate surface area is 147 Å². The summed E-state index contributed by atoms with van der Waals surface area (Å²) >= 11 is 0. The Kier molecular flexibility index (Phi) is 4.26. The van der Waals surface area contributed by atoms with Gasteiger partial charge in [0.05, 0.1) is 18.7 Å². The summed E-state index contributed by atoms with van der Waals surface area (Å²) < 4.78 is 0. The molecule has 2 aliphatic rings. The summed E-state index contributed by atoms with van der Waals surface area (Å²) in [5.41, 5.74) is 1.90. The smallest absolute Gasteiger partial charge is 0.246 e. The van der Waals surface area contributed by atoms with E-state index in [9.17, 15) is 4.79 Å². The van der Waals surface area contributed by atoms with Gasteiger partial charge in [0.1, 0.15) is 18.0 Å². The van der Waals surface area contributed by atoms with Crippen LogP contribution in [-0.2, 0) is 11.3 Å². The normalized spacial score (nSPS) is 18.2. The van der Waals surface area contributed by atoms with Gasteiger partial charge in [-0.3, -0.25) is 4.79 Å². The third-order valence-corrected chi connectivity index (χ3v) is 5.04. The molecule has 0 bridgehead atoms. The molecule has 1 amide bonds. The molecule has 1 saturated carbocycles. The molecule has 1 fully saturated rings. The first-order valence-corrected chi connectivity index (χ1v) is 8.89. The van der Waals surface area contributed by atoms with Crippen LogP contribution in [0.3, 0.4) is 0 Å². The molecule has 0 saturated heterocycles. The average molecular weight is 337 g/mol. The molecule has 0 atom stereocenters. The van der Waals surface area contributed by atoms with Crippen LogP contribution in [-0.4, -0.2) is 35.5 Å². The Hall–Kier alpha value is -2.63. The van der Waals surface area contributed by atoms with Crippen LogP contribution in [0.4, 0.5) is 17.3 Å². The molecular weight excluding hydrogens is 314 g/mol. The van der Waals surface area contributed by atoms with Crippen LogP contribution >= 0.6 is 0 Å². The van der Waals surface area contributed by atoms with Gasteiger partial charge < -0.3 is 15.1 Å². The van der Waals surface area contributed by atoms with Crippen molar-refractivity contribution in [2.24, 2.45) is 0 Å². The molecule has 1 aromatic carbocycles. The molecule has 25 heavy (non-hydrogen) atoms. The first-order valence-electron chi connectivity index (χ1n) is 8.89. The quantitative estimate of drug-likeness (QED) is 0.933. The van der Waals surface area contributed by atoms with E-state index in [4.69, 9.17) is 0 Å². The molecule has 130 valence electrons. The van der Waals surface area contributed by atoms with E-state index in [1.54, 1.807) is 6.33 Å². The van der Waals surface area contributed by atoms with E-state index in [2.05, 4.69) is 15.3 Å². The zero-order valence-corrected chi connectivity index (χ0v) is 14.5. The predicted octanol–water partition coefficient (Wildman–Crippen LogP) is 2.81. The van der Waals surface area contributed by atoms with Crippen molar-refractivity contribution in [2.75, 3.05) is 28.7 Å². The van der Waals surface area contributed by atoms with Crippen LogP contribution < -0.4 is 15.1 Å². The second-order valence-corrected chi connectivity index (χ2v) is 6.82. The largest absolute Gasteiger partial charge is 0.367 e. The summed E-state index contributed by atoms with van der Waals surface area (Å²) in [6.45, 7) is 0.792. The lowest BCUT2D eigenvalue weighted by molar-refractivity contribution is -0.117. The molecule has 1 aromatic heterocycles. The predicted molar refractivity (Wildman–Crippen MR) is 98.8 cm³/mol. The minimum Gasteiger partial charge on any atom is -0.367 e. The second kappa shape index (κ2) is 6.70. The van der Waals surface area contributed by atoms with Crippen LogP contribution in [0.15, 0.2) is 36.7 Å². The fourth-order valence-electron chi connectivity index (χ4n) is 3.72. The van der Waals surface area contributed by atoms with E-state index in [1.165, 1.54) is 25.7 Å². The Morgan fingerprint density at radius 2 is 1.84 bits per heavy atom. The number of hydrogen-bond donors (Lipinski definition) is 1. The number of carbonyl (C=O) groups excluding carboxylic acids is 1. The van der Waals surface area contributed by atoms with Gasteiger partial charge in [-0.05, 0) is 25.0 Å². The van der Waals surface area contributed by atoms with Crippen molar-refractivity contribution in [1.29, 1.82) is 0 Å². The zero-order chi connectivity index (χ0) is 17.2. The lowest BCUT2D eigenvalue weighted by Crippen LogP contribution is -2.35. The fourth-order valence-corrected chi connectivity index (χ4v) is 3.72. The molecular formula is C19H23N5O. The van der Waals surface area contributed by atoms with E-state index in [0.717, 1.165) is 22.9 Å². The molecule has 0 spiro atoms. The van der Waals surface area contributed by atoms with E-state index >= 15 is 0 Å². The fraction of sp³-hybridized carbons (Fsp3) is 0.421. The van der Waals surface area contributed by atoms with Gasteiger partial charge in [-0.15, -0.1) is 0 Å². The summed E-state index contributed by atoms with van der Waals surface area (Å²) in [5.74, 6) is 1.76. The van der Waals surface area contributed by atoms with Gasteiger partial charge in [0.15, 0.2) is 0 Å². The number of amides is 1. The van der Waals surface area contributed by atoms with Crippen LogP contribution in [0.1, 0.15) is 31.2 Å². The number of para-hydroxylation sites is 1. The first-order chi connectivity index (χ1) is 12.2. The van der Waals surface area contributed by atoms with Gasteiger partial charge in [0, 0.05) is 18.8 Å². The van der Waals surface area contributed by atoms with E-state index in [-0.39, 0.29) is 5.91 Å². The molecule has 0 unspecified atom stereocenters. The molecule has 6 heteroatoms. The number of aromatic nitrogens is 2. The molecule has 1 N–H and O–H groups in total.